The minimum Gasteiger partial charge on any atom is -0.351 e. The molecule has 0 saturated heterocycles. The van der Waals surface area contributed by atoms with Crippen LogP contribution in [0.25, 0.3) is 0 Å². The fraction of sp³-hybridized carbons (Fsp3) is 0.125. The van der Waals surface area contributed by atoms with Crippen LogP contribution in [-0.2, 0) is 17.9 Å². The summed E-state index contributed by atoms with van der Waals surface area (Å²) in [5.74, 6) is -0.335. The first-order valence-corrected chi connectivity index (χ1v) is 9.57. The Bertz CT molecular complexity index is 990. The standard InChI is InChI=1S/C24H22N4O/c29-24(23(21-7-3-1-4-8-21)22-9-5-2-6-10-22)26-15-19-11-13-20(14-12-19)16-28-18-25-17-27-28/h1-14,17-18,23H,15-16H2,(H,26,29). The Morgan fingerprint density at radius 3 is 1.97 bits per heavy atom. The molecule has 0 aliphatic rings. The van der Waals surface area contributed by atoms with E-state index >= 15 is 0 Å². The molecular weight excluding hydrogens is 360 g/mol. The van der Waals surface area contributed by atoms with Crippen molar-refractivity contribution >= 4 is 5.91 Å². The maximum absolute atomic E-state index is 13.1. The number of amides is 1. The van der Waals surface area contributed by atoms with E-state index in [1.54, 1.807) is 11.0 Å². The van der Waals surface area contributed by atoms with Crippen LogP contribution in [0.3, 0.4) is 0 Å². The second-order valence-corrected chi connectivity index (χ2v) is 6.88. The first kappa shape index (κ1) is 18.6. The maximum atomic E-state index is 13.1. The number of benzene rings is 3. The Balaban J connectivity index is 1.44. The summed E-state index contributed by atoms with van der Waals surface area (Å²) >= 11 is 0. The van der Waals surface area contributed by atoms with E-state index in [1.807, 2.05) is 72.8 Å². The van der Waals surface area contributed by atoms with E-state index in [1.165, 1.54) is 6.33 Å². The van der Waals surface area contributed by atoms with Gasteiger partial charge in [-0.2, -0.15) is 5.10 Å². The molecule has 0 atom stereocenters. The monoisotopic (exact) mass is 382 g/mol. The van der Waals surface area contributed by atoms with E-state index in [0.29, 0.717) is 13.1 Å². The highest BCUT2D eigenvalue weighted by atomic mass is 16.1. The summed E-state index contributed by atoms with van der Waals surface area (Å²) in [7, 11) is 0. The molecule has 3 aromatic carbocycles. The zero-order valence-electron chi connectivity index (χ0n) is 16.0. The number of aromatic nitrogens is 3. The van der Waals surface area contributed by atoms with E-state index in [0.717, 1.165) is 22.3 Å². The number of hydrogen-bond acceptors (Lipinski definition) is 3. The van der Waals surface area contributed by atoms with Crippen molar-refractivity contribution in [3.8, 4) is 0 Å². The van der Waals surface area contributed by atoms with E-state index in [9.17, 15) is 4.79 Å². The molecule has 0 unspecified atom stereocenters. The summed E-state index contributed by atoms with van der Waals surface area (Å²) in [4.78, 5) is 17.0. The quantitative estimate of drug-likeness (QED) is 0.529. The smallest absolute Gasteiger partial charge is 0.232 e. The van der Waals surface area contributed by atoms with Gasteiger partial charge < -0.3 is 5.32 Å². The molecule has 4 rings (SSSR count). The lowest BCUT2D eigenvalue weighted by Crippen LogP contribution is -2.29. The van der Waals surface area contributed by atoms with Crippen LogP contribution >= 0.6 is 0 Å². The third kappa shape index (κ3) is 4.76. The van der Waals surface area contributed by atoms with Crippen molar-refractivity contribution in [3.63, 3.8) is 0 Å². The Morgan fingerprint density at radius 1 is 0.828 bits per heavy atom. The molecule has 0 spiro atoms. The molecule has 144 valence electrons. The minimum atomic E-state index is -0.330. The highest BCUT2D eigenvalue weighted by molar-refractivity contribution is 5.87. The van der Waals surface area contributed by atoms with Gasteiger partial charge in [0.2, 0.25) is 5.91 Å². The number of hydrogen-bond donors (Lipinski definition) is 1. The van der Waals surface area contributed by atoms with Crippen LogP contribution < -0.4 is 5.32 Å². The van der Waals surface area contributed by atoms with Gasteiger partial charge in [-0.05, 0) is 22.3 Å². The van der Waals surface area contributed by atoms with Crippen molar-refractivity contribution in [1.82, 2.24) is 20.1 Å². The molecule has 5 heteroatoms. The topological polar surface area (TPSA) is 59.8 Å². The Morgan fingerprint density at radius 2 is 1.41 bits per heavy atom. The van der Waals surface area contributed by atoms with Gasteiger partial charge in [-0.25, -0.2) is 9.67 Å². The number of nitrogens with one attached hydrogen (secondary N) is 1. The Hall–Kier alpha value is -3.73. The van der Waals surface area contributed by atoms with Gasteiger partial charge in [0.1, 0.15) is 12.7 Å². The van der Waals surface area contributed by atoms with Crippen molar-refractivity contribution in [1.29, 1.82) is 0 Å². The molecular formula is C24H22N4O. The van der Waals surface area contributed by atoms with Crippen LogP contribution in [0.15, 0.2) is 97.6 Å². The van der Waals surface area contributed by atoms with Gasteiger partial charge in [0.15, 0.2) is 0 Å². The van der Waals surface area contributed by atoms with Gasteiger partial charge in [-0.15, -0.1) is 0 Å². The van der Waals surface area contributed by atoms with E-state index in [-0.39, 0.29) is 11.8 Å². The van der Waals surface area contributed by atoms with Gasteiger partial charge >= 0.3 is 0 Å². The van der Waals surface area contributed by atoms with Crippen LogP contribution in [0.1, 0.15) is 28.2 Å². The molecule has 1 amide bonds. The van der Waals surface area contributed by atoms with Crippen molar-refractivity contribution < 1.29 is 4.79 Å². The lowest BCUT2D eigenvalue weighted by atomic mass is 9.90. The molecule has 4 aromatic rings. The average molecular weight is 382 g/mol. The maximum Gasteiger partial charge on any atom is 0.232 e. The molecule has 0 bridgehead atoms. The number of carbonyl (C=O) groups is 1. The molecule has 0 fully saturated rings. The van der Waals surface area contributed by atoms with E-state index in [2.05, 4.69) is 27.5 Å². The summed E-state index contributed by atoms with van der Waals surface area (Å²) in [6.45, 7) is 1.16. The van der Waals surface area contributed by atoms with Crippen LogP contribution in [0, 0.1) is 0 Å². The van der Waals surface area contributed by atoms with Crippen LogP contribution in [0.2, 0.25) is 0 Å². The third-order valence-corrected chi connectivity index (χ3v) is 4.83. The van der Waals surface area contributed by atoms with Crippen LogP contribution in [-0.4, -0.2) is 20.7 Å². The summed E-state index contributed by atoms with van der Waals surface area (Å²) < 4.78 is 1.78. The van der Waals surface area contributed by atoms with Crippen LogP contribution in [0.4, 0.5) is 0 Å². The molecule has 1 aromatic heterocycles. The normalized spacial score (nSPS) is 10.8. The SMILES string of the molecule is O=C(NCc1ccc(Cn2cncn2)cc1)C(c1ccccc1)c1ccccc1. The first-order chi connectivity index (χ1) is 14.3. The van der Waals surface area contributed by atoms with Crippen LogP contribution in [0.5, 0.6) is 0 Å². The zero-order valence-corrected chi connectivity index (χ0v) is 16.0. The minimum absolute atomic E-state index is 0.00547. The summed E-state index contributed by atoms with van der Waals surface area (Å²) in [5, 5.41) is 7.21. The largest absolute Gasteiger partial charge is 0.351 e. The fourth-order valence-corrected chi connectivity index (χ4v) is 3.34. The first-order valence-electron chi connectivity index (χ1n) is 9.57. The number of carbonyl (C=O) groups excluding carboxylic acids is 1. The Labute approximate surface area is 170 Å². The molecule has 0 saturated carbocycles. The van der Waals surface area contributed by atoms with Gasteiger partial charge in [-0.3, -0.25) is 4.79 Å². The molecule has 1 N–H and O–H groups in total. The zero-order chi connectivity index (χ0) is 19.9. The highest BCUT2D eigenvalue weighted by Gasteiger charge is 2.22. The molecule has 29 heavy (non-hydrogen) atoms. The molecule has 0 aliphatic carbocycles. The van der Waals surface area contributed by atoms with Crippen molar-refractivity contribution in [2.75, 3.05) is 0 Å². The fourth-order valence-electron chi connectivity index (χ4n) is 3.34. The van der Waals surface area contributed by atoms with Crippen molar-refractivity contribution in [2.24, 2.45) is 0 Å². The second kappa shape index (κ2) is 8.97. The molecule has 0 aliphatic heterocycles. The van der Waals surface area contributed by atoms with Crippen molar-refractivity contribution in [2.45, 2.75) is 19.0 Å². The summed E-state index contributed by atoms with van der Waals surface area (Å²) in [5.41, 5.74) is 4.16. The van der Waals surface area contributed by atoms with E-state index < -0.39 is 0 Å². The van der Waals surface area contributed by atoms with Crippen molar-refractivity contribution in [3.05, 3.63) is 120 Å². The van der Waals surface area contributed by atoms with Gasteiger partial charge in [0.25, 0.3) is 0 Å². The molecule has 1 heterocycles. The number of rotatable bonds is 7. The summed E-state index contributed by atoms with van der Waals surface area (Å²) in [6, 6.07) is 27.9. The predicted molar refractivity (Wildman–Crippen MR) is 112 cm³/mol. The lowest BCUT2D eigenvalue weighted by molar-refractivity contribution is -0.121. The predicted octanol–water partition coefficient (Wildman–Crippen LogP) is 3.77. The molecule has 5 nitrogen and oxygen atoms in total. The number of nitrogens with zero attached hydrogens (tertiary/aromatic N) is 3. The van der Waals surface area contributed by atoms with Gasteiger partial charge in [0, 0.05) is 6.54 Å². The average Bonchev–Trinajstić information content (AvgIpc) is 3.28. The van der Waals surface area contributed by atoms with E-state index in [4.69, 9.17) is 0 Å². The van der Waals surface area contributed by atoms with Gasteiger partial charge in [-0.1, -0.05) is 84.9 Å². The second-order valence-electron chi connectivity index (χ2n) is 6.88. The Kier molecular flexibility index (Phi) is 5.76. The highest BCUT2D eigenvalue weighted by Crippen LogP contribution is 2.24. The molecule has 0 radical (unpaired) electrons. The lowest BCUT2D eigenvalue weighted by Gasteiger charge is -2.18. The van der Waals surface area contributed by atoms with Gasteiger partial charge in [0.05, 0.1) is 12.5 Å². The summed E-state index contributed by atoms with van der Waals surface area (Å²) in [6.07, 6.45) is 3.22. The third-order valence-electron chi connectivity index (χ3n) is 4.83.